The number of nitrogens with one attached hydrogen (secondary N) is 2. The Hall–Kier alpha value is -4.24. The summed E-state index contributed by atoms with van der Waals surface area (Å²) in [6.45, 7) is 5.63. The number of aliphatic hydroxyl groups excluding tert-OH is 1. The Morgan fingerprint density at radius 3 is 2.60 bits per heavy atom. The zero-order valence-electron chi connectivity index (χ0n) is 20.0. The summed E-state index contributed by atoms with van der Waals surface area (Å²) in [5.41, 5.74) is 10.4. The van der Waals surface area contributed by atoms with Gasteiger partial charge in [0.05, 0.1) is 17.3 Å². The molecule has 0 saturated heterocycles. The fraction of sp³-hybridized carbons (Fsp3) is 0.231. The van der Waals surface area contributed by atoms with Crippen LogP contribution < -0.4 is 16.4 Å². The van der Waals surface area contributed by atoms with Gasteiger partial charge in [-0.25, -0.2) is 4.98 Å². The van der Waals surface area contributed by atoms with Crippen molar-refractivity contribution in [3.8, 4) is 11.1 Å². The lowest BCUT2D eigenvalue weighted by atomic mass is 9.99. The summed E-state index contributed by atoms with van der Waals surface area (Å²) in [5, 5.41) is 21.4. The molecule has 2 heterocycles. The number of nitrogens with zero attached hydrogens (tertiary/aromatic N) is 3. The van der Waals surface area contributed by atoms with Gasteiger partial charge in [0, 0.05) is 41.5 Å². The molecule has 9 nitrogen and oxygen atoms in total. The van der Waals surface area contributed by atoms with Crippen LogP contribution in [0.25, 0.3) is 22.0 Å². The van der Waals surface area contributed by atoms with E-state index >= 15 is 0 Å². The van der Waals surface area contributed by atoms with Gasteiger partial charge in [-0.15, -0.1) is 0 Å². The number of nitrogen functional groups attached to an aromatic ring is 1. The largest absolute Gasteiger partial charge is 0.383 e. The maximum Gasteiger partial charge on any atom is 0.257 e. The van der Waals surface area contributed by atoms with Crippen LogP contribution in [-0.4, -0.2) is 37.7 Å². The Kier molecular flexibility index (Phi) is 6.52. The molecule has 0 unspecified atom stereocenters. The van der Waals surface area contributed by atoms with Crippen molar-refractivity contribution in [1.29, 1.82) is 0 Å². The number of hydrogen-bond acceptors (Lipinski definition) is 6. The fourth-order valence-corrected chi connectivity index (χ4v) is 4.05. The van der Waals surface area contributed by atoms with E-state index in [0.29, 0.717) is 22.3 Å². The monoisotopic (exact) mass is 472 g/mol. The van der Waals surface area contributed by atoms with Crippen molar-refractivity contribution >= 4 is 34.2 Å². The van der Waals surface area contributed by atoms with Gasteiger partial charge in [0.15, 0.2) is 6.10 Å². The number of fused-ring (bicyclic) bond motifs is 1. The van der Waals surface area contributed by atoms with Crippen molar-refractivity contribution < 1.29 is 14.7 Å². The molecule has 0 radical (unpaired) electrons. The van der Waals surface area contributed by atoms with Crippen molar-refractivity contribution in [3.63, 3.8) is 0 Å². The lowest BCUT2D eigenvalue weighted by molar-refractivity contribution is -0.124. The van der Waals surface area contributed by atoms with E-state index in [0.717, 1.165) is 22.1 Å². The summed E-state index contributed by atoms with van der Waals surface area (Å²) in [6, 6.07) is 12.4. The van der Waals surface area contributed by atoms with Crippen molar-refractivity contribution in [1.82, 2.24) is 20.1 Å². The minimum atomic E-state index is -1.36. The maximum atomic E-state index is 12.8. The number of aromatic nitrogens is 3. The predicted octanol–water partition coefficient (Wildman–Crippen LogP) is 3.34. The van der Waals surface area contributed by atoms with E-state index in [1.807, 2.05) is 32.9 Å². The molecule has 2 aromatic carbocycles. The zero-order chi connectivity index (χ0) is 25.3. The van der Waals surface area contributed by atoms with Crippen LogP contribution in [0.2, 0.25) is 0 Å². The number of para-hydroxylation sites is 1. The molecule has 0 aliphatic heterocycles. The fourth-order valence-electron chi connectivity index (χ4n) is 4.05. The Morgan fingerprint density at radius 2 is 1.89 bits per heavy atom. The molecular weight excluding hydrogens is 444 g/mol. The van der Waals surface area contributed by atoms with Gasteiger partial charge in [0.25, 0.3) is 11.8 Å². The van der Waals surface area contributed by atoms with Crippen LogP contribution in [0.3, 0.4) is 0 Å². The van der Waals surface area contributed by atoms with Crippen molar-refractivity contribution in [3.05, 3.63) is 71.5 Å². The molecule has 180 valence electrons. The summed E-state index contributed by atoms with van der Waals surface area (Å²) >= 11 is 0. The van der Waals surface area contributed by atoms with Gasteiger partial charge in [0.2, 0.25) is 0 Å². The first kappa shape index (κ1) is 23.9. The summed E-state index contributed by atoms with van der Waals surface area (Å²) in [4.78, 5) is 29.5. The van der Waals surface area contributed by atoms with E-state index in [4.69, 9.17) is 5.73 Å². The number of carbonyl (C=O) groups is 2. The number of carbonyl (C=O) groups excluding carboxylic acids is 2. The minimum absolute atomic E-state index is 0.0320. The third kappa shape index (κ3) is 4.85. The molecule has 35 heavy (non-hydrogen) atoms. The van der Waals surface area contributed by atoms with E-state index in [-0.39, 0.29) is 17.8 Å². The zero-order valence-corrected chi connectivity index (χ0v) is 20.0. The van der Waals surface area contributed by atoms with Crippen LogP contribution in [0.5, 0.6) is 0 Å². The Morgan fingerprint density at radius 1 is 1.11 bits per heavy atom. The number of rotatable bonds is 6. The third-order valence-electron chi connectivity index (χ3n) is 5.72. The maximum absolute atomic E-state index is 12.8. The first-order chi connectivity index (χ1) is 16.7. The van der Waals surface area contributed by atoms with Crippen LogP contribution in [0.15, 0.2) is 54.9 Å². The lowest BCUT2D eigenvalue weighted by Crippen LogP contribution is -2.30. The van der Waals surface area contributed by atoms with Gasteiger partial charge in [-0.1, -0.05) is 24.3 Å². The molecule has 5 N–H and O–H groups in total. The number of aryl methyl sites for hydroxylation is 2. The Balaban J connectivity index is 1.56. The van der Waals surface area contributed by atoms with Crippen molar-refractivity contribution in [2.45, 2.75) is 32.9 Å². The minimum Gasteiger partial charge on any atom is -0.383 e. The quantitative estimate of drug-likeness (QED) is 0.340. The Bertz CT molecular complexity index is 1430. The van der Waals surface area contributed by atoms with Gasteiger partial charge >= 0.3 is 0 Å². The standard InChI is InChI=1S/C26H28N6O3/c1-14(2)30-25(34)21-11-17(12-28-24(21)27)19-9-8-18(10-15(19)3)31-26(35)23(33)20-7-5-6-16-13-29-32(4)22(16)20/h5-14,23,33H,1-4H3,(H2,27,28)(H,30,34)(H,31,35)/t23-/m0/s1. The number of amides is 2. The normalized spacial score (nSPS) is 12.1. The SMILES string of the molecule is Cc1cc(NC(=O)[C@@H](O)c2cccc3cnn(C)c23)ccc1-c1cnc(N)c(C(=O)NC(C)C)c1. The van der Waals surface area contributed by atoms with Crippen molar-refractivity contribution in [2.75, 3.05) is 11.1 Å². The highest BCUT2D eigenvalue weighted by Gasteiger charge is 2.22. The first-order valence-corrected chi connectivity index (χ1v) is 11.2. The summed E-state index contributed by atoms with van der Waals surface area (Å²) in [5.74, 6) is -0.677. The molecule has 4 rings (SSSR count). The first-order valence-electron chi connectivity index (χ1n) is 11.2. The molecule has 0 bridgehead atoms. The highest BCUT2D eigenvalue weighted by molar-refractivity contribution is 6.00. The van der Waals surface area contributed by atoms with Crippen LogP contribution >= 0.6 is 0 Å². The highest BCUT2D eigenvalue weighted by Crippen LogP contribution is 2.29. The number of anilines is 2. The number of benzene rings is 2. The average Bonchev–Trinajstić information content (AvgIpc) is 3.19. The molecule has 9 heteroatoms. The van der Waals surface area contributed by atoms with Gasteiger partial charge in [-0.2, -0.15) is 5.10 Å². The topological polar surface area (TPSA) is 135 Å². The van der Waals surface area contributed by atoms with Gasteiger partial charge < -0.3 is 21.5 Å². The van der Waals surface area contributed by atoms with E-state index in [9.17, 15) is 14.7 Å². The smallest absolute Gasteiger partial charge is 0.257 e. The predicted molar refractivity (Wildman–Crippen MR) is 136 cm³/mol. The third-order valence-corrected chi connectivity index (χ3v) is 5.72. The summed E-state index contributed by atoms with van der Waals surface area (Å²) < 4.78 is 1.64. The molecule has 0 saturated carbocycles. The van der Waals surface area contributed by atoms with Crippen LogP contribution in [-0.2, 0) is 11.8 Å². The molecule has 0 spiro atoms. The van der Waals surface area contributed by atoms with E-state index in [1.165, 1.54) is 0 Å². The van der Waals surface area contributed by atoms with E-state index < -0.39 is 12.0 Å². The van der Waals surface area contributed by atoms with Crippen LogP contribution in [0.4, 0.5) is 11.5 Å². The van der Waals surface area contributed by atoms with Gasteiger partial charge in [0.1, 0.15) is 5.82 Å². The van der Waals surface area contributed by atoms with Gasteiger partial charge in [-0.05, 0) is 50.1 Å². The van der Waals surface area contributed by atoms with Crippen molar-refractivity contribution in [2.24, 2.45) is 7.05 Å². The second kappa shape index (κ2) is 9.55. The van der Waals surface area contributed by atoms with Crippen LogP contribution in [0, 0.1) is 6.92 Å². The van der Waals surface area contributed by atoms with E-state index in [1.54, 1.807) is 54.5 Å². The molecule has 0 aliphatic carbocycles. The molecule has 2 aromatic heterocycles. The molecule has 2 amide bonds. The molecule has 4 aromatic rings. The number of nitrogens with two attached hydrogens (primary N) is 1. The second-order valence-electron chi connectivity index (χ2n) is 8.76. The molecular formula is C26H28N6O3. The van der Waals surface area contributed by atoms with E-state index in [2.05, 4.69) is 20.7 Å². The number of pyridine rings is 1. The highest BCUT2D eigenvalue weighted by atomic mass is 16.3. The summed E-state index contributed by atoms with van der Waals surface area (Å²) in [6.07, 6.45) is 1.94. The van der Waals surface area contributed by atoms with Gasteiger partial charge in [-0.3, -0.25) is 14.3 Å². The number of hydrogen-bond donors (Lipinski definition) is 4. The Labute approximate surface area is 203 Å². The molecule has 1 atom stereocenters. The summed E-state index contributed by atoms with van der Waals surface area (Å²) in [7, 11) is 1.77. The second-order valence-corrected chi connectivity index (χ2v) is 8.76. The average molecular weight is 473 g/mol. The lowest BCUT2D eigenvalue weighted by Gasteiger charge is -2.15. The molecule has 0 fully saturated rings. The molecule has 0 aliphatic rings. The van der Waals surface area contributed by atoms with Crippen LogP contribution in [0.1, 0.15) is 41.4 Å². The number of aliphatic hydroxyl groups is 1.